The first kappa shape index (κ1) is 27.9. The lowest BCUT2D eigenvalue weighted by molar-refractivity contribution is 0.0383. The zero-order chi connectivity index (χ0) is 28.9. The van der Waals surface area contributed by atoms with Crippen LogP contribution in [0.5, 0.6) is 0 Å². The number of carbonyl (C=O) groups excluding carboxylic acids is 2. The van der Waals surface area contributed by atoms with Crippen LogP contribution in [0.25, 0.3) is 10.9 Å². The highest BCUT2D eigenvalue weighted by atomic mass is 19.1. The van der Waals surface area contributed by atoms with E-state index in [9.17, 15) is 14.0 Å². The van der Waals surface area contributed by atoms with E-state index in [-0.39, 0.29) is 16.8 Å². The van der Waals surface area contributed by atoms with Crippen LogP contribution in [-0.4, -0.2) is 70.9 Å². The quantitative estimate of drug-likeness (QED) is 0.341. The number of ether oxygens (including phenoxy) is 1. The van der Waals surface area contributed by atoms with Crippen molar-refractivity contribution in [2.45, 2.75) is 20.4 Å². The Kier molecular flexibility index (Phi) is 8.33. The van der Waals surface area contributed by atoms with E-state index >= 15 is 0 Å². The van der Waals surface area contributed by atoms with Gasteiger partial charge in [0.15, 0.2) is 0 Å². The van der Waals surface area contributed by atoms with Crippen molar-refractivity contribution in [1.29, 1.82) is 5.26 Å². The summed E-state index contributed by atoms with van der Waals surface area (Å²) in [7, 11) is 0. The Hall–Kier alpha value is -4.66. The van der Waals surface area contributed by atoms with Crippen molar-refractivity contribution in [3.05, 3.63) is 88.1 Å². The average molecular weight is 556 g/mol. The van der Waals surface area contributed by atoms with Gasteiger partial charge < -0.3 is 15.4 Å². The van der Waals surface area contributed by atoms with E-state index in [2.05, 4.69) is 31.7 Å². The van der Waals surface area contributed by atoms with E-state index in [1.165, 1.54) is 24.3 Å². The molecular weight excluding hydrogens is 525 g/mol. The molecule has 0 aliphatic carbocycles. The van der Waals surface area contributed by atoms with Gasteiger partial charge in [0.2, 0.25) is 0 Å². The van der Waals surface area contributed by atoms with Gasteiger partial charge in [-0.3, -0.25) is 19.2 Å². The molecule has 0 radical (unpaired) electrons. The molecule has 0 saturated carbocycles. The van der Waals surface area contributed by atoms with E-state index in [1.54, 1.807) is 23.7 Å². The number of nitriles is 1. The average Bonchev–Trinajstić information content (AvgIpc) is 3.24. The summed E-state index contributed by atoms with van der Waals surface area (Å²) in [6.07, 6.45) is 0. The van der Waals surface area contributed by atoms with Gasteiger partial charge in [-0.1, -0.05) is 12.1 Å². The number of amides is 2. The van der Waals surface area contributed by atoms with Gasteiger partial charge in [0.25, 0.3) is 11.8 Å². The van der Waals surface area contributed by atoms with E-state index in [4.69, 9.17) is 10.00 Å². The number of carbonyl (C=O) groups is 2. The number of hydrogen-bond donors (Lipinski definition) is 2. The highest BCUT2D eigenvalue weighted by Crippen LogP contribution is 2.25. The van der Waals surface area contributed by atoms with E-state index in [0.717, 1.165) is 24.3 Å². The second-order valence-corrected chi connectivity index (χ2v) is 9.89. The van der Waals surface area contributed by atoms with Crippen LogP contribution >= 0.6 is 0 Å². The Morgan fingerprint density at radius 3 is 2.56 bits per heavy atom. The van der Waals surface area contributed by atoms with Crippen molar-refractivity contribution in [2.24, 2.45) is 0 Å². The molecule has 5 rings (SSSR count). The summed E-state index contributed by atoms with van der Waals surface area (Å²) in [5, 5.41) is 19.8. The van der Waals surface area contributed by atoms with Crippen LogP contribution in [0.15, 0.2) is 48.5 Å². The van der Waals surface area contributed by atoms with Gasteiger partial charge in [0, 0.05) is 37.6 Å². The molecule has 2 aromatic heterocycles. The Balaban J connectivity index is 1.37. The number of nitrogens with zero attached hydrogens (tertiary/aromatic N) is 5. The molecule has 0 atom stereocenters. The standard InChI is InChI=1S/C30H30FN7O3/c1-19-28(20(2)38(36-19)18-22-5-3-21(17-32)4-6-22)35-29(39)25-16-27(34-26-15-23(31)7-8-24(25)26)30(40)33-9-10-37-11-13-41-14-12-37/h3-8,15-16H,9-14,18H2,1-2H3,(H,33,40)(H,35,39). The Morgan fingerprint density at radius 2 is 1.83 bits per heavy atom. The van der Waals surface area contributed by atoms with E-state index < -0.39 is 17.6 Å². The maximum atomic E-state index is 14.1. The number of rotatable bonds is 8. The molecule has 2 amide bonds. The zero-order valence-electron chi connectivity index (χ0n) is 22.9. The molecule has 11 heteroatoms. The summed E-state index contributed by atoms with van der Waals surface area (Å²) in [5.41, 5.74) is 3.88. The Labute approximate surface area is 236 Å². The largest absolute Gasteiger partial charge is 0.379 e. The summed E-state index contributed by atoms with van der Waals surface area (Å²) >= 11 is 0. The predicted octanol–water partition coefficient (Wildman–Crippen LogP) is 3.42. The number of aryl methyl sites for hydroxylation is 1. The lowest BCUT2D eigenvalue weighted by Gasteiger charge is -2.26. The van der Waals surface area contributed by atoms with E-state index in [0.29, 0.717) is 55.2 Å². The highest BCUT2D eigenvalue weighted by Gasteiger charge is 2.21. The smallest absolute Gasteiger partial charge is 0.269 e. The minimum absolute atomic E-state index is 0.0279. The number of morpholine rings is 1. The molecule has 41 heavy (non-hydrogen) atoms. The summed E-state index contributed by atoms with van der Waals surface area (Å²) < 4.78 is 21.2. The first-order valence-corrected chi connectivity index (χ1v) is 13.4. The summed E-state index contributed by atoms with van der Waals surface area (Å²) in [6.45, 7) is 8.11. The van der Waals surface area contributed by atoms with Crippen molar-refractivity contribution in [1.82, 2.24) is 25.0 Å². The molecule has 3 heterocycles. The molecule has 2 N–H and O–H groups in total. The molecule has 0 spiro atoms. The number of hydrogen-bond acceptors (Lipinski definition) is 7. The van der Waals surface area contributed by atoms with Crippen LogP contribution in [-0.2, 0) is 11.3 Å². The predicted molar refractivity (Wildman–Crippen MR) is 151 cm³/mol. The molecule has 210 valence electrons. The second-order valence-electron chi connectivity index (χ2n) is 9.89. The van der Waals surface area contributed by atoms with Gasteiger partial charge in [0.1, 0.15) is 11.5 Å². The van der Waals surface area contributed by atoms with Crippen molar-refractivity contribution in [3.8, 4) is 6.07 Å². The number of nitrogens with one attached hydrogen (secondary N) is 2. The number of anilines is 1. The molecule has 10 nitrogen and oxygen atoms in total. The summed E-state index contributed by atoms with van der Waals surface area (Å²) in [4.78, 5) is 33.1. The second kappa shape index (κ2) is 12.2. The minimum atomic E-state index is -0.517. The van der Waals surface area contributed by atoms with E-state index in [1.807, 2.05) is 19.1 Å². The molecule has 1 aliphatic heterocycles. The minimum Gasteiger partial charge on any atom is -0.379 e. The van der Waals surface area contributed by atoms with Crippen molar-refractivity contribution < 1.29 is 18.7 Å². The fraction of sp³-hybridized carbons (Fsp3) is 0.300. The molecule has 0 bridgehead atoms. The van der Waals surface area contributed by atoms with Crippen LogP contribution in [0.2, 0.25) is 0 Å². The molecule has 0 unspecified atom stereocenters. The maximum Gasteiger partial charge on any atom is 0.269 e. The van der Waals surface area contributed by atoms with Crippen LogP contribution < -0.4 is 10.6 Å². The molecular formula is C30H30FN7O3. The molecule has 2 aromatic carbocycles. The summed E-state index contributed by atoms with van der Waals surface area (Å²) in [6, 6.07) is 14.7. The monoisotopic (exact) mass is 555 g/mol. The number of halogens is 1. The van der Waals surface area contributed by atoms with Crippen molar-refractivity contribution >= 4 is 28.4 Å². The van der Waals surface area contributed by atoms with Gasteiger partial charge in [-0.2, -0.15) is 10.4 Å². The fourth-order valence-corrected chi connectivity index (χ4v) is 4.82. The lowest BCUT2D eigenvalue weighted by Crippen LogP contribution is -2.41. The maximum absolute atomic E-state index is 14.1. The third-order valence-electron chi connectivity index (χ3n) is 7.10. The summed E-state index contributed by atoms with van der Waals surface area (Å²) in [5.74, 6) is -1.42. The van der Waals surface area contributed by atoms with Crippen molar-refractivity contribution in [3.63, 3.8) is 0 Å². The van der Waals surface area contributed by atoms with Crippen molar-refractivity contribution in [2.75, 3.05) is 44.7 Å². The number of aromatic nitrogens is 3. The zero-order valence-corrected chi connectivity index (χ0v) is 22.9. The molecule has 1 aliphatic rings. The normalized spacial score (nSPS) is 13.6. The lowest BCUT2D eigenvalue weighted by atomic mass is 10.1. The molecule has 1 fully saturated rings. The highest BCUT2D eigenvalue weighted by molar-refractivity contribution is 6.14. The SMILES string of the molecule is Cc1nn(Cc2ccc(C#N)cc2)c(C)c1NC(=O)c1cc(C(=O)NCCN2CCOCC2)nc2cc(F)ccc12. The number of fused-ring (bicyclic) bond motifs is 1. The first-order valence-electron chi connectivity index (χ1n) is 13.4. The fourth-order valence-electron chi connectivity index (χ4n) is 4.82. The number of benzene rings is 2. The Bertz CT molecular complexity index is 1640. The van der Waals surface area contributed by atoms with Gasteiger partial charge in [0.05, 0.1) is 59.5 Å². The van der Waals surface area contributed by atoms with Crippen LogP contribution in [0.1, 0.15) is 43.4 Å². The van der Waals surface area contributed by atoms with Crippen LogP contribution in [0.4, 0.5) is 10.1 Å². The third-order valence-corrected chi connectivity index (χ3v) is 7.10. The van der Waals surface area contributed by atoms with Gasteiger partial charge in [-0.15, -0.1) is 0 Å². The van der Waals surface area contributed by atoms with Gasteiger partial charge in [-0.25, -0.2) is 9.37 Å². The van der Waals surface area contributed by atoms with Gasteiger partial charge >= 0.3 is 0 Å². The van der Waals surface area contributed by atoms with Gasteiger partial charge in [-0.05, 0) is 49.7 Å². The first-order chi connectivity index (χ1) is 19.8. The molecule has 1 saturated heterocycles. The third kappa shape index (κ3) is 6.40. The molecule has 4 aromatic rings. The topological polar surface area (TPSA) is 125 Å². The Morgan fingerprint density at radius 1 is 1.07 bits per heavy atom. The number of pyridine rings is 1. The van der Waals surface area contributed by atoms with Crippen LogP contribution in [0, 0.1) is 31.0 Å². The van der Waals surface area contributed by atoms with Crippen LogP contribution in [0.3, 0.4) is 0 Å².